The summed E-state index contributed by atoms with van der Waals surface area (Å²) in [5, 5.41) is 4.39. The molecule has 0 saturated heterocycles. The van der Waals surface area contributed by atoms with Gasteiger partial charge in [-0.15, -0.1) is 0 Å². The number of halogens is 1. The van der Waals surface area contributed by atoms with Crippen LogP contribution >= 0.6 is 15.9 Å². The molecule has 0 aromatic carbocycles. The lowest BCUT2D eigenvalue weighted by Crippen LogP contribution is -2.19. The van der Waals surface area contributed by atoms with E-state index in [4.69, 9.17) is 5.73 Å². The molecule has 1 aromatic rings. The Kier molecular flexibility index (Phi) is 6.02. The van der Waals surface area contributed by atoms with E-state index in [0.717, 1.165) is 28.8 Å². The predicted molar refractivity (Wildman–Crippen MR) is 76.5 cm³/mol. The lowest BCUT2D eigenvalue weighted by molar-refractivity contribution is -0.119. The van der Waals surface area contributed by atoms with Crippen LogP contribution in [0.5, 0.6) is 0 Å². The van der Waals surface area contributed by atoms with Crippen molar-refractivity contribution in [2.24, 2.45) is 11.7 Å². The van der Waals surface area contributed by atoms with Gasteiger partial charge in [-0.2, -0.15) is 5.10 Å². The van der Waals surface area contributed by atoms with Crippen molar-refractivity contribution in [3.63, 3.8) is 0 Å². The van der Waals surface area contributed by atoms with Crippen molar-refractivity contribution < 1.29 is 4.79 Å². The van der Waals surface area contributed by atoms with Gasteiger partial charge in [0.1, 0.15) is 5.78 Å². The molecule has 0 bridgehead atoms. The van der Waals surface area contributed by atoms with Gasteiger partial charge in [-0.25, -0.2) is 0 Å². The van der Waals surface area contributed by atoms with Gasteiger partial charge in [-0.1, -0.05) is 13.3 Å². The maximum atomic E-state index is 12.1. The number of hydrogen-bond acceptors (Lipinski definition) is 3. The van der Waals surface area contributed by atoms with Gasteiger partial charge in [0.25, 0.3) is 0 Å². The maximum absolute atomic E-state index is 12.1. The minimum Gasteiger partial charge on any atom is -0.330 e. The maximum Gasteiger partial charge on any atom is 0.139 e. The third-order valence-corrected chi connectivity index (χ3v) is 4.28. The van der Waals surface area contributed by atoms with E-state index in [1.54, 1.807) is 0 Å². The molecular weight excluding hydrogens is 294 g/mol. The number of rotatable bonds is 7. The minimum atomic E-state index is 0.239. The average molecular weight is 316 g/mol. The molecule has 0 aliphatic carbocycles. The van der Waals surface area contributed by atoms with E-state index in [-0.39, 0.29) is 5.78 Å². The summed E-state index contributed by atoms with van der Waals surface area (Å²) in [5.41, 5.74) is 7.55. The lowest BCUT2D eigenvalue weighted by atomic mass is 9.98. The molecule has 0 fully saturated rings. The number of ketones is 1. The van der Waals surface area contributed by atoms with Crippen molar-refractivity contribution in [3.05, 3.63) is 15.9 Å². The predicted octanol–water partition coefficient (Wildman–Crippen LogP) is 2.46. The van der Waals surface area contributed by atoms with E-state index < -0.39 is 0 Å². The van der Waals surface area contributed by atoms with E-state index >= 15 is 0 Å². The first kappa shape index (κ1) is 15.4. The average Bonchev–Trinajstić information content (AvgIpc) is 2.63. The van der Waals surface area contributed by atoms with Crippen LogP contribution in [-0.4, -0.2) is 22.1 Å². The molecule has 18 heavy (non-hydrogen) atoms. The third-order valence-electron chi connectivity index (χ3n) is 3.24. The fourth-order valence-corrected chi connectivity index (χ4v) is 2.44. The zero-order chi connectivity index (χ0) is 13.7. The van der Waals surface area contributed by atoms with Gasteiger partial charge >= 0.3 is 0 Å². The second-order valence-corrected chi connectivity index (χ2v) is 5.38. The van der Waals surface area contributed by atoms with Crippen LogP contribution in [-0.2, 0) is 17.8 Å². The van der Waals surface area contributed by atoms with Gasteiger partial charge < -0.3 is 5.73 Å². The van der Waals surface area contributed by atoms with Crippen LogP contribution in [0.25, 0.3) is 0 Å². The topological polar surface area (TPSA) is 60.9 Å². The Balaban J connectivity index is 2.75. The molecule has 1 aromatic heterocycles. The molecule has 1 atom stereocenters. The van der Waals surface area contributed by atoms with Crippen molar-refractivity contribution in [1.82, 2.24) is 9.78 Å². The van der Waals surface area contributed by atoms with Gasteiger partial charge in [0, 0.05) is 19.4 Å². The second kappa shape index (κ2) is 7.04. The molecule has 1 rings (SSSR count). The number of carbonyl (C=O) groups excluding carboxylic acids is 1. The minimum absolute atomic E-state index is 0.239. The summed E-state index contributed by atoms with van der Waals surface area (Å²) in [6.07, 6.45) is 1.95. The van der Waals surface area contributed by atoms with E-state index in [1.807, 2.05) is 18.5 Å². The molecule has 4 nitrogen and oxygen atoms in total. The fourth-order valence-electron chi connectivity index (χ4n) is 2.01. The standard InChI is InChI=1S/C13H22BrN3O/c1-4-10(8-15)6-11(18)7-12-13(14)9(3)16-17(12)5-2/h10H,4-8,15H2,1-3H3. The Morgan fingerprint density at radius 2 is 2.17 bits per heavy atom. The first-order valence-electron chi connectivity index (χ1n) is 6.46. The van der Waals surface area contributed by atoms with Gasteiger partial charge in [-0.05, 0) is 42.2 Å². The van der Waals surface area contributed by atoms with Gasteiger partial charge in [0.2, 0.25) is 0 Å². The summed E-state index contributed by atoms with van der Waals surface area (Å²) >= 11 is 3.51. The molecule has 0 saturated carbocycles. The van der Waals surface area contributed by atoms with Crippen molar-refractivity contribution in [2.75, 3.05) is 6.54 Å². The number of hydrogen-bond donors (Lipinski definition) is 1. The Bertz CT molecular complexity index is 411. The van der Waals surface area contributed by atoms with Crippen LogP contribution < -0.4 is 5.73 Å². The Labute approximate surface area is 117 Å². The molecule has 102 valence electrons. The number of aryl methyl sites for hydroxylation is 2. The zero-order valence-corrected chi connectivity index (χ0v) is 13.0. The molecule has 0 aliphatic rings. The van der Waals surface area contributed by atoms with E-state index in [9.17, 15) is 4.79 Å². The van der Waals surface area contributed by atoms with Crippen molar-refractivity contribution in [1.29, 1.82) is 0 Å². The number of Topliss-reactive ketones (excluding diaryl/α,β-unsaturated/α-hetero) is 1. The monoisotopic (exact) mass is 315 g/mol. The Morgan fingerprint density at radius 1 is 1.50 bits per heavy atom. The van der Waals surface area contributed by atoms with Crippen molar-refractivity contribution in [3.8, 4) is 0 Å². The highest BCUT2D eigenvalue weighted by atomic mass is 79.9. The highest BCUT2D eigenvalue weighted by Gasteiger charge is 2.17. The molecule has 0 aliphatic heterocycles. The molecule has 5 heteroatoms. The summed E-state index contributed by atoms with van der Waals surface area (Å²) in [7, 11) is 0. The largest absolute Gasteiger partial charge is 0.330 e. The van der Waals surface area contributed by atoms with Crippen LogP contribution in [0, 0.1) is 12.8 Å². The molecule has 0 amide bonds. The fraction of sp³-hybridized carbons (Fsp3) is 0.692. The number of carbonyl (C=O) groups is 1. The van der Waals surface area contributed by atoms with Crippen LogP contribution in [0.1, 0.15) is 38.1 Å². The van der Waals surface area contributed by atoms with Crippen LogP contribution in [0.3, 0.4) is 0 Å². The third kappa shape index (κ3) is 3.65. The number of nitrogens with zero attached hydrogens (tertiary/aromatic N) is 2. The highest BCUT2D eigenvalue weighted by Crippen LogP contribution is 2.22. The van der Waals surface area contributed by atoms with Crippen molar-refractivity contribution in [2.45, 2.75) is 46.6 Å². The van der Waals surface area contributed by atoms with E-state index in [1.165, 1.54) is 0 Å². The summed E-state index contributed by atoms with van der Waals surface area (Å²) < 4.78 is 2.85. The molecular formula is C13H22BrN3O. The van der Waals surface area contributed by atoms with Crippen LogP contribution in [0.15, 0.2) is 4.47 Å². The van der Waals surface area contributed by atoms with Gasteiger partial charge in [-0.3, -0.25) is 9.48 Å². The highest BCUT2D eigenvalue weighted by molar-refractivity contribution is 9.10. The van der Waals surface area contributed by atoms with Crippen LogP contribution in [0.2, 0.25) is 0 Å². The summed E-state index contributed by atoms with van der Waals surface area (Å²) in [5.74, 6) is 0.540. The van der Waals surface area contributed by atoms with Gasteiger partial charge in [0.15, 0.2) is 0 Å². The Morgan fingerprint density at radius 3 is 2.67 bits per heavy atom. The lowest BCUT2D eigenvalue weighted by Gasteiger charge is -2.11. The molecule has 2 N–H and O–H groups in total. The molecule has 1 unspecified atom stereocenters. The Hall–Kier alpha value is -0.680. The van der Waals surface area contributed by atoms with E-state index in [2.05, 4.69) is 28.0 Å². The van der Waals surface area contributed by atoms with Crippen LogP contribution in [0.4, 0.5) is 0 Å². The molecule has 0 radical (unpaired) electrons. The summed E-state index contributed by atoms with van der Waals surface area (Å²) in [6.45, 7) is 7.40. The van der Waals surface area contributed by atoms with E-state index in [0.29, 0.717) is 25.3 Å². The quantitative estimate of drug-likeness (QED) is 0.840. The first-order chi connectivity index (χ1) is 8.53. The number of nitrogens with two attached hydrogens (primary N) is 1. The molecule has 1 heterocycles. The number of aromatic nitrogens is 2. The van der Waals surface area contributed by atoms with Gasteiger partial charge in [0.05, 0.1) is 15.9 Å². The zero-order valence-electron chi connectivity index (χ0n) is 11.4. The normalized spacial score (nSPS) is 12.7. The van der Waals surface area contributed by atoms with Crippen molar-refractivity contribution >= 4 is 21.7 Å². The smallest absolute Gasteiger partial charge is 0.139 e. The first-order valence-corrected chi connectivity index (χ1v) is 7.26. The SMILES string of the molecule is CCC(CN)CC(=O)Cc1c(Br)c(C)nn1CC. The second-order valence-electron chi connectivity index (χ2n) is 4.59. The summed E-state index contributed by atoms with van der Waals surface area (Å²) in [6, 6.07) is 0. The molecule has 0 spiro atoms. The summed E-state index contributed by atoms with van der Waals surface area (Å²) in [4.78, 5) is 12.1.